The van der Waals surface area contributed by atoms with Crippen LogP contribution in [0.25, 0.3) is 5.82 Å². The highest BCUT2D eigenvalue weighted by molar-refractivity contribution is 5.68. The van der Waals surface area contributed by atoms with Crippen LogP contribution in [0.2, 0.25) is 0 Å². The van der Waals surface area contributed by atoms with E-state index in [2.05, 4.69) is 15.1 Å². The van der Waals surface area contributed by atoms with Crippen LogP contribution in [0.4, 0.5) is 0 Å². The molecule has 0 aliphatic carbocycles. The van der Waals surface area contributed by atoms with Gasteiger partial charge in [0.05, 0.1) is 0 Å². The molecule has 1 saturated heterocycles. The number of carbonyl (C=O) groups is 3. The van der Waals surface area contributed by atoms with Crippen LogP contribution in [-0.2, 0) is 33.3 Å². The first-order valence-corrected chi connectivity index (χ1v) is 9.25. The molecule has 3 rings (SSSR count). The summed E-state index contributed by atoms with van der Waals surface area (Å²) >= 11 is 0. The Morgan fingerprint density at radius 2 is 1.77 bits per heavy atom. The lowest BCUT2D eigenvalue weighted by Crippen LogP contribution is -2.42. The van der Waals surface area contributed by atoms with E-state index in [1.807, 2.05) is 0 Å². The summed E-state index contributed by atoms with van der Waals surface area (Å²) in [6.07, 6.45) is -0.328. The van der Waals surface area contributed by atoms with Gasteiger partial charge in [-0.1, -0.05) is 0 Å². The van der Waals surface area contributed by atoms with Gasteiger partial charge in [0.1, 0.15) is 25.4 Å². The molecule has 2 aromatic heterocycles. The maximum absolute atomic E-state index is 12.8. The highest BCUT2D eigenvalue weighted by atomic mass is 16.7. The third-order valence-electron chi connectivity index (χ3n) is 4.36. The van der Waals surface area contributed by atoms with Crippen LogP contribution in [0.1, 0.15) is 32.6 Å². The van der Waals surface area contributed by atoms with Gasteiger partial charge in [-0.25, -0.2) is 14.5 Å². The number of hydrogen-bond donors (Lipinski definition) is 0. The van der Waals surface area contributed by atoms with Gasteiger partial charge in [0.25, 0.3) is 0 Å². The van der Waals surface area contributed by atoms with Crippen molar-refractivity contribution in [3.8, 4) is 5.82 Å². The van der Waals surface area contributed by atoms with Gasteiger partial charge in [-0.2, -0.15) is 10.1 Å². The van der Waals surface area contributed by atoms with E-state index in [-0.39, 0.29) is 12.4 Å². The first-order valence-electron chi connectivity index (χ1n) is 9.25. The summed E-state index contributed by atoms with van der Waals surface area (Å²) in [4.78, 5) is 55.2. The van der Waals surface area contributed by atoms with Crippen LogP contribution in [0.5, 0.6) is 0 Å². The van der Waals surface area contributed by atoms with Gasteiger partial charge < -0.3 is 18.9 Å². The van der Waals surface area contributed by atoms with E-state index in [0.29, 0.717) is 5.56 Å². The summed E-state index contributed by atoms with van der Waals surface area (Å²) < 4.78 is 23.9. The van der Waals surface area contributed by atoms with E-state index in [9.17, 15) is 19.2 Å². The van der Waals surface area contributed by atoms with Crippen LogP contribution in [-0.4, -0.2) is 67.1 Å². The number of ether oxygens (including phenoxy) is 4. The van der Waals surface area contributed by atoms with E-state index >= 15 is 0 Å². The zero-order chi connectivity index (χ0) is 22.7. The minimum Gasteiger partial charge on any atom is -0.463 e. The van der Waals surface area contributed by atoms with Gasteiger partial charge in [0.15, 0.2) is 24.3 Å². The fourth-order valence-corrected chi connectivity index (χ4v) is 3.21. The molecule has 1 fully saturated rings. The molecule has 13 heteroatoms. The summed E-state index contributed by atoms with van der Waals surface area (Å²) in [6, 6.07) is 0. The maximum Gasteiger partial charge on any atom is 0.351 e. The molecule has 0 spiro atoms. The Labute approximate surface area is 175 Å². The van der Waals surface area contributed by atoms with Gasteiger partial charge in [-0.05, 0) is 6.92 Å². The number of rotatable bonds is 6. The highest BCUT2D eigenvalue weighted by Gasteiger charge is 2.51. The fraction of sp³-hybridized carbons (Fsp3) is 0.500. The zero-order valence-electron chi connectivity index (χ0n) is 17.3. The third-order valence-corrected chi connectivity index (χ3v) is 4.36. The topological polar surface area (TPSA) is 154 Å². The summed E-state index contributed by atoms with van der Waals surface area (Å²) in [5.41, 5.74) is -0.185. The quantitative estimate of drug-likeness (QED) is 0.424. The van der Waals surface area contributed by atoms with Crippen molar-refractivity contribution in [3.63, 3.8) is 0 Å². The second kappa shape index (κ2) is 9.04. The van der Waals surface area contributed by atoms with Gasteiger partial charge >= 0.3 is 23.6 Å². The molecule has 3 heterocycles. The van der Waals surface area contributed by atoms with Crippen molar-refractivity contribution in [1.82, 2.24) is 24.3 Å². The smallest absolute Gasteiger partial charge is 0.351 e. The van der Waals surface area contributed by atoms with Crippen LogP contribution in [0.3, 0.4) is 0 Å². The summed E-state index contributed by atoms with van der Waals surface area (Å²) in [7, 11) is 0. The molecular weight excluding hydrogens is 414 g/mol. The van der Waals surface area contributed by atoms with Crippen molar-refractivity contribution in [2.45, 2.75) is 52.2 Å². The van der Waals surface area contributed by atoms with Crippen LogP contribution in [0, 0.1) is 6.92 Å². The van der Waals surface area contributed by atoms with E-state index < -0.39 is 48.1 Å². The van der Waals surface area contributed by atoms with Crippen molar-refractivity contribution in [2.24, 2.45) is 0 Å². The second-order valence-electron chi connectivity index (χ2n) is 6.79. The number of nitrogens with zero attached hydrogens (tertiary/aromatic N) is 5. The summed E-state index contributed by atoms with van der Waals surface area (Å²) in [6.45, 7) is 4.96. The monoisotopic (exact) mass is 435 g/mol. The molecule has 0 amide bonds. The number of hydrogen-bond acceptors (Lipinski definition) is 11. The molecule has 1 aliphatic rings. The Morgan fingerprint density at radius 1 is 1.10 bits per heavy atom. The Bertz CT molecular complexity index is 1030. The van der Waals surface area contributed by atoms with Gasteiger partial charge in [0, 0.05) is 32.5 Å². The van der Waals surface area contributed by atoms with Crippen LogP contribution < -0.4 is 5.69 Å². The Kier molecular flexibility index (Phi) is 6.44. The Hall–Kier alpha value is -3.61. The third kappa shape index (κ3) is 4.94. The average Bonchev–Trinajstić information content (AvgIpc) is 3.30. The number of aromatic nitrogens is 5. The largest absolute Gasteiger partial charge is 0.463 e. The minimum atomic E-state index is -1.18. The zero-order valence-corrected chi connectivity index (χ0v) is 17.3. The number of esters is 3. The molecule has 166 valence electrons. The molecule has 0 radical (unpaired) electrons. The van der Waals surface area contributed by atoms with Crippen molar-refractivity contribution in [2.75, 3.05) is 6.61 Å². The minimum absolute atomic E-state index is 0.258. The van der Waals surface area contributed by atoms with E-state index in [0.717, 1.165) is 4.57 Å². The normalized spacial score (nSPS) is 22.7. The molecule has 4 atom stereocenters. The second-order valence-corrected chi connectivity index (χ2v) is 6.79. The molecule has 2 aromatic rings. The predicted molar refractivity (Wildman–Crippen MR) is 99.8 cm³/mol. The Morgan fingerprint density at radius 3 is 2.35 bits per heavy atom. The van der Waals surface area contributed by atoms with Gasteiger partial charge in [-0.3, -0.25) is 19.0 Å². The van der Waals surface area contributed by atoms with Crippen LogP contribution in [0.15, 0.2) is 23.6 Å². The van der Waals surface area contributed by atoms with Crippen molar-refractivity contribution < 1.29 is 33.3 Å². The molecule has 0 saturated carbocycles. The molecular formula is C18H21N5O8. The molecule has 31 heavy (non-hydrogen) atoms. The van der Waals surface area contributed by atoms with Crippen molar-refractivity contribution in [3.05, 3.63) is 34.9 Å². The lowest BCUT2D eigenvalue weighted by atomic mass is 10.1. The first-order chi connectivity index (χ1) is 14.7. The summed E-state index contributed by atoms with van der Waals surface area (Å²) in [5.74, 6) is -1.67. The molecule has 1 unspecified atom stereocenters. The predicted octanol–water partition coefficient (Wildman–Crippen LogP) is -0.544. The SMILES string of the molecule is CC(=O)OC[C@H]1O[C@@H](n2cc(C)c(-n3cncn3)nc2=O)C(OC(C)=O)[C@H]1OC(C)=O. The standard InChI is InChI=1S/C18H21N5O8/c1-9-5-22(18(27)21-16(9)23-8-19-7-20-23)17-15(30-12(4)26)14(29-11(3)25)13(31-17)6-28-10(2)24/h5,7-8,13-15,17H,6H2,1-4H3/t13-,14+,15?,17-/m1/s1. The average molecular weight is 435 g/mol. The van der Waals surface area contributed by atoms with Crippen LogP contribution >= 0.6 is 0 Å². The lowest BCUT2D eigenvalue weighted by molar-refractivity contribution is -0.166. The van der Waals surface area contributed by atoms with E-state index in [1.54, 1.807) is 6.92 Å². The van der Waals surface area contributed by atoms with Crippen molar-refractivity contribution >= 4 is 17.9 Å². The Balaban J connectivity index is 2.01. The molecule has 1 aliphatic heterocycles. The maximum atomic E-state index is 12.8. The molecule has 13 nitrogen and oxygen atoms in total. The van der Waals surface area contributed by atoms with Gasteiger partial charge in [-0.15, -0.1) is 0 Å². The van der Waals surface area contributed by atoms with E-state index in [4.69, 9.17) is 18.9 Å². The number of carbonyl (C=O) groups excluding carboxylic acids is 3. The molecule has 0 aromatic carbocycles. The fourth-order valence-electron chi connectivity index (χ4n) is 3.21. The summed E-state index contributed by atoms with van der Waals surface area (Å²) in [5, 5.41) is 3.96. The highest BCUT2D eigenvalue weighted by Crippen LogP contribution is 2.34. The number of aryl methyl sites for hydroxylation is 1. The lowest BCUT2D eigenvalue weighted by Gasteiger charge is -2.24. The molecule has 0 bridgehead atoms. The van der Waals surface area contributed by atoms with Crippen molar-refractivity contribution in [1.29, 1.82) is 0 Å². The van der Waals surface area contributed by atoms with Gasteiger partial charge in [0.2, 0.25) is 0 Å². The molecule has 0 N–H and O–H groups in total. The first kappa shape index (κ1) is 22.1. The van der Waals surface area contributed by atoms with E-state index in [1.165, 1.54) is 44.3 Å².